The van der Waals surface area contributed by atoms with Gasteiger partial charge in [-0.25, -0.2) is 0 Å². The van der Waals surface area contributed by atoms with Crippen molar-refractivity contribution in [3.63, 3.8) is 0 Å². The third-order valence-corrected chi connectivity index (χ3v) is 9.05. The van der Waals surface area contributed by atoms with Crippen LogP contribution in [0.1, 0.15) is 62.3 Å². The smallest absolute Gasteiger partial charge is 0.270 e. The molecule has 1 aromatic heterocycles. The molecule has 0 saturated carbocycles. The molecule has 40 heavy (non-hydrogen) atoms. The number of nitrogens with zero attached hydrogens (tertiary/aromatic N) is 4. The lowest BCUT2D eigenvalue weighted by molar-refractivity contribution is -0.122. The number of hydrogen-bond donors (Lipinski definition) is 0. The van der Waals surface area contributed by atoms with Crippen molar-refractivity contribution in [2.45, 2.75) is 60.0 Å². The van der Waals surface area contributed by atoms with Crippen LogP contribution >= 0.6 is 24.0 Å². The van der Waals surface area contributed by atoms with Crippen LogP contribution in [-0.2, 0) is 17.9 Å². The molecule has 2 unspecified atom stereocenters. The van der Waals surface area contributed by atoms with Crippen molar-refractivity contribution in [3.05, 3.63) is 55.7 Å². The van der Waals surface area contributed by atoms with Crippen molar-refractivity contribution in [2.75, 3.05) is 24.8 Å². The number of aromatic nitrogens is 1. The first-order valence-electron chi connectivity index (χ1n) is 13.8. The fraction of sp³-hybridized carbons (Fsp3) is 0.467. The summed E-state index contributed by atoms with van der Waals surface area (Å²) in [6.07, 6.45) is 4.70. The van der Waals surface area contributed by atoms with Crippen LogP contribution in [0.3, 0.4) is 0 Å². The second-order valence-corrected chi connectivity index (χ2v) is 12.6. The summed E-state index contributed by atoms with van der Waals surface area (Å²) in [5, 5.41) is 9.97. The summed E-state index contributed by atoms with van der Waals surface area (Å²) in [5.41, 5.74) is 2.09. The topological polar surface area (TPSA) is 87.8 Å². The maximum absolute atomic E-state index is 13.7. The monoisotopic (exact) mass is 578 g/mol. The molecule has 2 fully saturated rings. The van der Waals surface area contributed by atoms with Gasteiger partial charge in [-0.2, -0.15) is 5.26 Å². The Hall–Kier alpha value is -3.29. The molecule has 2 atom stereocenters. The second-order valence-electron chi connectivity index (χ2n) is 11.0. The molecule has 0 radical (unpaired) electrons. The van der Waals surface area contributed by atoms with E-state index in [1.807, 2.05) is 31.2 Å². The maximum atomic E-state index is 13.7. The highest BCUT2D eigenvalue weighted by Crippen LogP contribution is 2.39. The van der Waals surface area contributed by atoms with Crippen molar-refractivity contribution in [1.29, 1.82) is 5.26 Å². The van der Waals surface area contributed by atoms with Crippen molar-refractivity contribution >= 4 is 46.1 Å². The van der Waals surface area contributed by atoms with Crippen LogP contribution in [0.25, 0.3) is 6.08 Å². The molecule has 0 N–H and O–H groups in total. The van der Waals surface area contributed by atoms with Crippen molar-refractivity contribution < 1.29 is 14.3 Å². The number of carbonyl (C=O) groups excluding carboxylic acids is 1. The highest BCUT2D eigenvalue weighted by molar-refractivity contribution is 8.26. The largest absolute Gasteiger partial charge is 0.454 e. The van der Waals surface area contributed by atoms with Gasteiger partial charge in [0.15, 0.2) is 11.5 Å². The minimum atomic E-state index is -0.262. The van der Waals surface area contributed by atoms with E-state index in [2.05, 4.69) is 31.7 Å². The van der Waals surface area contributed by atoms with E-state index in [4.69, 9.17) is 21.7 Å². The number of benzene rings is 1. The molecular formula is C30H34N4O4S2. The predicted molar refractivity (Wildman–Crippen MR) is 162 cm³/mol. The third-order valence-electron chi connectivity index (χ3n) is 7.68. The van der Waals surface area contributed by atoms with Crippen molar-refractivity contribution in [2.24, 2.45) is 11.8 Å². The van der Waals surface area contributed by atoms with Gasteiger partial charge in [-0.3, -0.25) is 19.1 Å². The van der Waals surface area contributed by atoms with E-state index in [1.54, 1.807) is 9.47 Å². The zero-order valence-electron chi connectivity index (χ0n) is 23.4. The summed E-state index contributed by atoms with van der Waals surface area (Å²) < 4.78 is 13.1. The Morgan fingerprint density at radius 3 is 2.60 bits per heavy atom. The molecule has 5 rings (SSSR count). The number of piperidine rings is 1. The lowest BCUT2D eigenvalue weighted by Gasteiger charge is -2.39. The lowest BCUT2D eigenvalue weighted by Crippen LogP contribution is -2.43. The number of ether oxygens (including phenoxy) is 2. The Morgan fingerprint density at radius 2 is 1.90 bits per heavy atom. The predicted octanol–water partition coefficient (Wildman–Crippen LogP) is 5.44. The molecule has 4 heterocycles. The summed E-state index contributed by atoms with van der Waals surface area (Å²) in [7, 11) is 0. The number of thiocarbonyl (C=S) groups is 1. The number of unbranched alkanes of at least 4 members (excludes halogenated alkanes) is 1. The molecule has 0 aliphatic carbocycles. The Balaban J connectivity index is 1.57. The molecule has 3 aliphatic heterocycles. The first-order valence-corrected chi connectivity index (χ1v) is 15.0. The lowest BCUT2D eigenvalue weighted by atomic mass is 9.91. The summed E-state index contributed by atoms with van der Waals surface area (Å²) in [4.78, 5) is 31.6. The van der Waals surface area contributed by atoms with E-state index in [0.717, 1.165) is 49.3 Å². The SMILES string of the molecule is CCCCn1c(N2CC(C)CC(C)C2)c(/C=C2/SC(=S)N(Cc3ccc4c(c3)OCO4)C2=O)c(C)c(C#N)c1=O. The quantitative estimate of drug-likeness (QED) is 0.317. The van der Waals surface area contributed by atoms with E-state index in [-0.39, 0.29) is 23.8 Å². The molecule has 10 heteroatoms. The van der Waals surface area contributed by atoms with Gasteiger partial charge in [-0.05, 0) is 60.9 Å². The van der Waals surface area contributed by atoms with Crippen LogP contribution in [0.2, 0.25) is 0 Å². The minimum absolute atomic E-state index is 0.125. The van der Waals surface area contributed by atoms with E-state index in [9.17, 15) is 14.9 Å². The van der Waals surface area contributed by atoms with Crippen LogP contribution in [0, 0.1) is 30.1 Å². The van der Waals surface area contributed by atoms with Crippen molar-refractivity contribution in [1.82, 2.24) is 9.47 Å². The molecule has 3 aliphatic rings. The van der Waals surface area contributed by atoms with E-state index < -0.39 is 0 Å². The third kappa shape index (κ3) is 5.37. The Labute approximate surface area is 244 Å². The van der Waals surface area contributed by atoms with Gasteiger partial charge in [0.05, 0.1) is 11.4 Å². The van der Waals surface area contributed by atoms with Crippen LogP contribution in [-0.4, -0.2) is 39.6 Å². The highest BCUT2D eigenvalue weighted by Gasteiger charge is 2.34. The van der Waals surface area contributed by atoms with Gasteiger partial charge in [0.2, 0.25) is 6.79 Å². The number of carbonyl (C=O) groups is 1. The number of thioether (sulfide) groups is 1. The summed E-state index contributed by atoms with van der Waals surface area (Å²) in [6, 6.07) is 7.75. The van der Waals surface area contributed by atoms with Crippen LogP contribution in [0.4, 0.5) is 5.82 Å². The average Bonchev–Trinajstić information content (AvgIpc) is 3.48. The average molecular weight is 579 g/mol. The summed E-state index contributed by atoms with van der Waals surface area (Å²) in [5.74, 6) is 2.87. The van der Waals surface area contributed by atoms with Gasteiger partial charge in [-0.1, -0.05) is 57.2 Å². The molecule has 8 nitrogen and oxygen atoms in total. The molecule has 2 saturated heterocycles. The molecular weight excluding hydrogens is 544 g/mol. The molecule has 1 amide bonds. The standard InChI is InChI=1S/C30H34N4O4S2/c1-5-6-9-33-27(32-14-18(2)10-19(3)15-32)22(20(4)23(13-31)28(33)35)12-26-29(36)34(30(39)40-26)16-21-7-8-24-25(11-21)38-17-37-24/h7-8,11-12,18-19H,5-6,9-10,14-17H2,1-4H3/b26-12+. The van der Waals surface area contributed by atoms with Crippen LogP contribution in [0.15, 0.2) is 27.9 Å². The molecule has 210 valence electrons. The number of nitriles is 1. The van der Waals surface area contributed by atoms with Crippen LogP contribution < -0.4 is 19.9 Å². The van der Waals surface area contributed by atoms with Gasteiger partial charge >= 0.3 is 0 Å². The Kier molecular flexibility index (Phi) is 8.24. The normalized spacial score (nSPS) is 21.4. The summed E-state index contributed by atoms with van der Waals surface area (Å²) >= 11 is 6.89. The second kappa shape index (κ2) is 11.7. The zero-order chi connectivity index (χ0) is 28.6. The minimum Gasteiger partial charge on any atom is -0.454 e. The van der Waals surface area contributed by atoms with Gasteiger partial charge < -0.3 is 14.4 Å². The number of anilines is 1. The van der Waals surface area contributed by atoms with Gasteiger partial charge in [0, 0.05) is 25.2 Å². The number of amides is 1. The fourth-order valence-electron chi connectivity index (χ4n) is 5.83. The maximum Gasteiger partial charge on any atom is 0.270 e. The van der Waals surface area contributed by atoms with Gasteiger partial charge in [0.25, 0.3) is 11.5 Å². The molecule has 2 aromatic rings. The molecule has 0 bridgehead atoms. The number of rotatable bonds is 7. The van der Waals surface area contributed by atoms with E-state index in [0.29, 0.717) is 51.2 Å². The van der Waals surface area contributed by atoms with Crippen LogP contribution in [0.5, 0.6) is 11.5 Å². The first kappa shape index (κ1) is 28.2. The summed E-state index contributed by atoms with van der Waals surface area (Å²) in [6.45, 7) is 11.0. The first-order chi connectivity index (χ1) is 19.2. The molecule has 0 spiro atoms. The zero-order valence-corrected chi connectivity index (χ0v) is 25.0. The van der Waals surface area contributed by atoms with Gasteiger partial charge in [0.1, 0.15) is 21.8 Å². The van der Waals surface area contributed by atoms with Gasteiger partial charge in [-0.15, -0.1) is 0 Å². The Morgan fingerprint density at radius 1 is 1.18 bits per heavy atom. The Bertz CT molecular complexity index is 1480. The number of fused-ring (bicyclic) bond motifs is 1. The molecule has 1 aromatic carbocycles. The number of hydrogen-bond acceptors (Lipinski definition) is 8. The van der Waals surface area contributed by atoms with E-state index in [1.165, 1.54) is 11.8 Å². The fourth-order valence-corrected chi connectivity index (χ4v) is 7.07. The van der Waals surface area contributed by atoms with Crippen molar-refractivity contribution in [3.8, 4) is 17.6 Å². The number of pyridine rings is 1. The highest BCUT2D eigenvalue weighted by atomic mass is 32.2. The van der Waals surface area contributed by atoms with E-state index >= 15 is 0 Å².